The van der Waals surface area contributed by atoms with Gasteiger partial charge in [-0.2, -0.15) is 0 Å². The molecule has 0 atom stereocenters. The summed E-state index contributed by atoms with van der Waals surface area (Å²) < 4.78 is 0. The Hall–Kier alpha value is -1.35. The van der Waals surface area contributed by atoms with Crippen molar-refractivity contribution in [2.45, 2.75) is 38.1 Å². The van der Waals surface area contributed by atoms with Gasteiger partial charge in [0.15, 0.2) is 0 Å². The summed E-state index contributed by atoms with van der Waals surface area (Å²) in [6.45, 7) is 0. The molecule has 1 aliphatic rings. The Morgan fingerprint density at radius 1 is 1.11 bits per heavy atom. The summed E-state index contributed by atoms with van der Waals surface area (Å²) >= 11 is 6.05. The Kier molecular flexibility index (Phi) is 3.33. The molecule has 1 aromatic heterocycles. The van der Waals surface area contributed by atoms with Crippen molar-refractivity contribution in [3.8, 4) is 0 Å². The number of rotatable bonds is 2. The van der Waals surface area contributed by atoms with Gasteiger partial charge in [-0.25, -0.2) is 9.97 Å². The van der Waals surface area contributed by atoms with Crippen molar-refractivity contribution in [1.29, 1.82) is 0 Å². The summed E-state index contributed by atoms with van der Waals surface area (Å²) in [6.07, 6.45) is 8.04. The molecule has 94 valence electrons. The molecule has 1 aliphatic carbocycles. The SMILES string of the molecule is Clc1ccc2ncnc(NC3CCCCC3)c2c1. The van der Waals surface area contributed by atoms with Crippen molar-refractivity contribution in [3.63, 3.8) is 0 Å². The minimum atomic E-state index is 0.538. The predicted octanol–water partition coefficient (Wildman–Crippen LogP) is 4.03. The number of halogens is 1. The Labute approximate surface area is 112 Å². The summed E-state index contributed by atoms with van der Waals surface area (Å²) in [6, 6.07) is 6.27. The molecular weight excluding hydrogens is 246 g/mol. The third-order valence-corrected chi connectivity index (χ3v) is 3.78. The van der Waals surface area contributed by atoms with Gasteiger partial charge in [-0.15, -0.1) is 0 Å². The Morgan fingerprint density at radius 3 is 2.78 bits per heavy atom. The Morgan fingerprint density at radius 2 is 1.94 bits per heavy atom. The first-order valence-electron chi connectivity index (χ1n) is 6.50. The van der Waals surface area contributed by atoms with Gasteiger partial charge in [0, 0.05) is 16.5 Å². The monoisotopic (exact) mass is 261 g/mol. The van der Waals surface area contributed by atoms with Gasteiger partial charge in [-0.1, -0.05) is 30.9 Å². The average Bonchev–Trinajstić information content (AvgIpc) is 2.41. The maximum Gasteiger partial charge on any atom is 0.137 e. The highest BCUT2D eigenvalue weighted by atomic mass is 35.5. The van der Waals surface area contributed by atoms with E-state index in [-0.39, 0.29) is 0 Å². The molecule has 0 saturated heterocycles. The maximum absolute atomic E-state index is 6.05. The van der Waals surface area contributed by atoms with Gasteiger partial charge in [0.25, 0.3) is 0 Å². The molecule has 3 nitrogen and oxygen atoms in total. The molecule has 0 radical (unpaired) electrons. The van der Waals surface area contributed by atoms with E-state index in [1.807, 2.05) is 18.2 Å². The number of benzene rings is 1. The van der Waals surface area contributed by atoms with E-state index < -0.39 is 0 Å². The smallest absolute Gasteiger partial charge is 0.137 e. The fraction of sp³-hybridized carbons (Fsp3) is 0.429. The molecule has 1 N–H and O–H groups in total. The second-order valence-electron chi connectivity index (χ2n) is 4.86. The van der Waals surface area contributed by atoms with E-state index in [1.54, 1.807) is 6.33 Å². The van der Waals surface area contributed by atoms with Gasteiger partial charge in [0.1, 0.15) is 12.1 Å². The highest BCUT2D eigenvalue weighted by Crippen LogP contribution is 2.26. The van der Waals surface area contributed by atoms with Crippen molar-refractivity contribution in [2.24, 2.45) is 0 Å². The van der Waals surface area contributed by atoms with Crippen LogP contribution in [-0.4, -0.2) is 16.0 Å². The van der Waals surface area contributed by atoms with Crippen LogP contribution in [0.15, 0.2) is 24.5 Å². The Bertz CT molecular complexity index is 550. The maximum atomic E-state index is 6.05. The largest absolute Gasteiger partial charge is 0.367 e. The van der Waals surface area contributed by atoms with Crippen LogP contribution in [0.1, 0.15) is 32.1 Å². The molecule has 0 aliphatic heterocycles. The van der Waals surface area contributed by atoms with E-state index in [1.165, 1.54) is 32.1 Å². The molecule has 1 heterocycles. The van der Waals surface area contributed by atoms with E-state index in [0.717, 1.165) is 21.7 Å². The fourth-order valence-corrected chi connectivity index (χ4v) is 2.76. The summed E-state index contributed by atoms with van der Waals surface area (Å²) in [5.74, 6) is 0.911. The number of anilines is 1. The fourth-order valence-electron chi connectivity index (χ4n) is 2.58. The number of hydrogen-bond acceptors (Lipinski definition) is 3. The molecular formula is C14H16ClN3. The summed E-state index contributed by atoms with van der Waals surface area (Å²) in [4.78, 5) is 8.63. The van der Waals surface area contributed by atoms with E-state index in [0.29, 0.717) is 6.04 Å². The van der Waals surface area contributed by atoms with E-state index >= 15 is 0 Å². The van der Waals surface area contributed by atoms with Crippen LogP contribution in [-0.2, 0) is 0 Å². The molecule has 1 saturated carbocycles. The average molecular weight is 262 g/mol. The first-order chi connectivity index (χ1) is 8.83. The van der Waals surface area contributed by atoms with Crippen LogP contribution < -0.4 is 5.32 Å². The quantitative estimate of drug-likeness (QED) is 0.887. The van der Waals surface area contributed by atoms with E-state index in [4.69, 9.17) is 11.6 Å². The number of hydrogen-bond donors (Lipinski definition) is 1. The third kappa shape index (κ3) is 2.41. The van der Waals surface area contributed by atoms with Crippen molar-refractivity contribution in [2.75, 3.05) is 5.32 Å². The molecule has 0 amide bonds. The van der Waals surface area contributed by atoms with Gasteiger partial charge >= 0.3 is 0 Å². The number of nitrogens with zero attached hydrogens (tertiary/aromatic N) is 2. The highest BCUT2D eigenvalue weighted by molar-refractivity contribution is 6.31. The predicted molar refractivity (Wildman–Crippen MR) is 75.0 cm³/mol. The minimum Gasteiger partial charge on any atom is -0.367 e. The van der Waals surface area contributed by atoms with E-state index in [9.17, 15) is 0 Å². The normalized spacial score (nSPS) is 16.9. The first-order valence-corrected chi connectivity index (χ1v) is 6.87. The third-order valence-electron chi connectivity index (χ3n) is 3.54. The number of fused-ring (bicyclic) bond motifs is 1. The molecule has 18 heavy (non-hydrogen) atoms. The lowest BCUT2D eigenvalue weighted by molar-refractivity contribution is 0.462. The summed E-state index contributed by atoms with van der Waals surface area (Å²) in [5, 5.41) is 5.28. The molecule has 2 aromatic rings. The van der Waals surface area contributed by atoms with Gasteiger partial charge in [-0.05, 0) is 31.0 Å². The molecule has 1 fully saturated rings. The molecule has 3 rings (SSSR count). The minimum absolute atomic E-state index is 0.538. The highest BCUT2D eigenvalue weighted by Gasteiger charge is 2.14. The second-order valence-corrected chi connectivity index (χ2v) is 5.30. The molecule has 0 spiro atoms. The number of nitrogens with one attached hydrogen (secondary N) is 1. The van der Waals surface area contributed by atoms with Gasteiger partial charge in [-0.3, -0.25) is 0 Å². The van der Waals surface area contributed by atoms with Crippen molar-refractivity contribution >= 4 is 28.3 Å². The van der Waals surface area contributed by atoms with Crippen molar-refractivity contribution < 1.29 is 0 Å². The zero-order valence-corrected chi connectivity index (χ0v) is 11.0. The van der Waals surface area contributed by atoms with Crippen LogP contribution in [0.3, 0.4) is 0 Å². The van der Waals surface area contributed by atoms with Gasteiger partial charge < -0.3 is 5.32 Å². The molecule has 4 heteroatoms. The van der Waals surface area contributed by atoms with Crippen LogP contribution in [0.2, 0.25) is 5.02 Å². The second kappa shape index (κ2) is 5.11. The van der Waals surface area contributed by atoms with Gasteiger partial charge in [0.05, 0.1) is 5.52 Å². The first kappa shape index (κ1) is 11.7. The summed E-state index contributed by atoms with van der Waals surface area (Å²) in [5.41, 5.74) is 0.938. The summed E-state index contributed by atoms with van der Waals surface area (Å²) in [7, 11) is 0. The molecule has 0 unspecified atom stereocenters. The van der Waals surface area contributed by atoms with Crippen molar-refractivity contribution in [3.05, 3.63) is 29.5 Å². The zero-order chi connectivity index (χ0) is 12.4. The van der Waals surface area contributed by atoms with Gasteiger partial charge in [0.2, 0.25) is 0 Å². The van der Waals surface area contributed by atoms with Crippen molar-refractivity contribution in [1.82, 2.24) is 9.97 Å². The van der Waals surface area contributed by atoms with Crippen LogP contribution in [0.25, 0.3) is 10.9 Å². The lowest BCUT2D eigenvalue weighted by Gasteiger charge is -2.23. The molecule has 0 bridgehead atoms. The van der Waals surface area contributed by atoms with E-state index in [2.05, 4.69) is 15.3 Å². The zero-order valence-electron chi connectivity index (χ0n) is 10.2. The van der Waals surface area contributed by atoms with Crippen LogP contribution >= 0.6 is 11.6 Å². The standard InChI is InChI=1S/C14H16ClN3/c15-10-6-7-13-12(8-10)14(17-9-16-13)18-11-4-2-1-3-5-11/h6-9,11H,1-5H2,(H,16,17,18). The topological polar surface area (TPSA) is 37.8 Å². The van der Waals surface area contributed by atoms with Crippen LogP contribution in [0, 0.1) is 0 Å². The Balaban J connectivity index is 1.92. The molecule has 1 aromatic carbocycles. The van der Waals surface area contributed by atoms with Crippen LogP contribution in [0.5, 0.6) is 0 Å². The lowest BCUT2D eigenvalue weighted by Crippen LogP contribution is -2.23. The van der Waals surface area contributed by atoms with Crippen LogP contribution in [0.4, 0.5) is 5.82 Å². The number of aromatic nitrogens is 2. The lowest BCUT2D eigenvalue weighted by atomic mass is 9.95.